The number of nitriles is 1. The first-order valence-corrected chi connectivity index (χ1v) is 8.26. The molecule has 2 aliphatic heterocycles. The van der Waals surface area contributed by atoms with Crippen LogP contribution in [0.1, 0.15) is 37.3 Å². The van der Waals surface area contributed by atoms with Gasteiger partial charge in [-0.1, -0.05) is 12.1 Å². The minimum absolute atomic E-state index is 0.267. The van der Waals surface area contributed by atoms with E-state index in [1.807, 2.05) is 25.1 Å². The minimum atomic E-state index is 0.267. The molecule has 3 rings (SSSR count). The molecule has 2 aliphatic rings. The normalized spacial score (nSPS) is 28.3. The topological polar surface area (TPSA) is 45.5 Å². The Labute approximate surface area is 132 Å². The van der Waals surface area contributed by atoms with Crippen molar-refractivity contribution in [3.63, 3.8) is 0 Å². The van der Waals surface area contributed by atoms with E-state index < -0.39 is 0 Å². The van der Waals surface area contributed by atoms with Crippen molar-refractivity contribution in [2.24, 2.45) is 0 Å². The lowest BCUT2D eigenvalue weighted by Gasteiger charge is -2.36. The summed E-state index contributed by atoms with van der Waals surface area (Å²) in [5.41, 5.74) is 1.96. The van der Waals surface area contributed by atoms with Crippen molar-refractivity contribution in [1.29, 1.82) is 5.26 Å². The van der Waals surface area contributed by atoms with Gasteiger partial charge in [-0.15, -0.1) is 0 Å². The summed E-state index contributed by atoms with van der Waals surface area (Å²) < 4.78 is 11.7. The highest BCUT2D eigenvalue weighted by Crippen LogP contribution is 2.32. The average Bonchev–Trinajstić information content (AvgIpc) is 2.95. The summed E-state index contributed by atoms with van der Waals surface area (Å²) in [5, 5.41) is 9.01. The molecule has 0 amide bonds. The van der Waals surface area contributed by atoms with Crippen LogP contribution in [0.2, 0.25) is 0 Å². The van der Waals surface area contributed by atoms with Crippen LogP contribution in [0.15, 0.2) is 24.3 Å². The third-order valence-corrected chi connectivity index (χ3v) is 4.70. The van der Waals surface area contributed by atoms with Crippen LogP contribution in [0.5, 0.6) is 0 Å². The molecule has 2 fully saturated rings. The number of ether oxygens (including phenoxy) is 2. The first kappa shape index (κ1) is 15.5. The van der Waals surface area contributed by atoms with Gasteiger partial charge in [-0.3, -0.25) is 4.90 Å². The van der Waals surface area contributed by atoms with Gasteiger partial charge in [-0.25, -0.2) is 0 Å². The Hall–Kier alpha value is -1.41. The fraction of sp³-hybridized carbons (Fsp3) is 0.611. The molecule has 2 saturated heterocycles. The van der Waals surface area contributed by atoms with Crippen molar-refractivity contribution in [3.8, 4) is 6.07 Å². The number of hydrogen-bond acceptors (Lipinski definition) is 4. The van der Waals surface area contributed by atoms with Crippen LogP contribution in [-0.4, -0.2) is 42.9 Å². The van der Waals surface area contributed by atoms with Gasteiger partial charge < -0.3 is 9.47 Å². The molecule has 0 saturated carbocycles. The molecule has 118 valence electrons. The average molecular weight is 300 g/mol. The molecule has 4 heteroatoms. The molecule has 0 aromatic heterocycles. The van der Waals surface area contributed by atoms with Gasteiger partial charge >= 0.3 is 0 Å². The zero-order valence-corrected chi connectivity index (χ0v) is 13.2. The van der Waals surface area contributed by atoms with Gasteiger partial charge in [0.1, 0.15) is 0 Å². The van der Waals surface area contributed by atoms with Gasteiger partial charge in [0.2, 0.25) is 0 Å². The molecular formula is C18H24N2O2. The molecule has 0 bridgehead atoms. The summed E-state index contributed by atoms with van der Waals surface area (Å²) >= 11 is 0. The number of rotatable bonds is 5. The second-order valence-corrected chi connectivity index (χ2v) is 6.17. The van der Waals surface area contributed by atoms with Gasteiger partial charge in [0.25, 0.3) is 0 Å². The molecule has 1 aromatic carbocycles. The number of fused-ring (bicyclic) bond motifs is 1. The Bertz CT molecular complexity index is 540. The molecule has 0 N–H and O–H groups in total. The van der Waals surface area contributed by atoms with E-state index in [1.54, 1.807) is 0 Å². The van der Waals surface area contributed by atoms with Crippen LogP contribution in [0.25, 0.3) is 0 Å². The van der Waals surface area contributed by atoms with Crippen LogP contribution in [0, 0.1) is 11.3 Å². The summed E-state index contributed by atoms with van der Waals surface area (Å²) in [5.74, 6) is 0. The Balaban J connectivity index is 1.58. The van der Waals surface area contributed by atoms with Crippen LogP contribution >= 0.6 is 0 Å². The maximum Gasteiger partial charge on any atom is 0.0991 e. The zero-order chi connectivity index (χ0) is 15.4. The maximum absolute atomic E-state index is 9.01. The molecule has 4 nitrogen and oxygen atoms in total. The van der Waals surface area contributed by atoms with E-state index in [-0.39, 0.29) is 6.10 Å². The molecule has 0 radical (unpaired) electrons. The molecule has 1 aromatic rings. The van der Waals surface area contributed by atoms with Gasteiger partial charge in [0.05, 0.1) is 30.4 Å². The maximum atomic E-state index is 9.01. The first-order chi connectivity index (χ1) is 10.8. The lowest BCUT2D eigenvalue weighted by Crippen LogP contribution is -2.43. The van der Waals surface area contributed by atoms with Gasteiger partial charge in [0.15, 0.2) is 0 Å². The van der Waals surface area contributed by atoms with Crippen LogP contribution in [0.3, 0.4) is 0 Å². The molecule has 0 unspecified atom stereocenters. The third kappa shape index (κ3) is 3.49. The van der Waals surface area contributed by atoms with Crippen molar-refractivity contribution in [3.05, 3.63) is 35.4 Å². The largest absolute Gasteiger partial charge is 0.379 e. The Morgan fingerprint density at radius 2 is 2.27 bits per heavy atom. The number of nitrogens with zero attached hydrogens (tertiary/aromatic N) is 2. The monoisotopic (exact) mass is 300 g/mol. The van der Waals surface area contributed by atoms with E-state index in [4.69, 9.17) is 14.7 Å². The van der Waals surface area contributed by atoms with Gasteiger partial charge in [0, 0.05) is 25.7 Å². The lowest BCUT2D eigenvalue weighted by atomic mass is 9.99. The van der Waals surface area contributed by atoms with Crippen molar-refractivity contribution in [2.45, 2.75) is 51.0 Å². The Morgan fingerprint density at radius 3 is 3.09 bits per heavy atom. The highest BCUT2D eigenvalue weighted by Gasteiger charge is 2.39. The number of hydrogen-bond donors (Lipinski definition) is 0. The molecule has 22 heavy (non-hydrogen) atoms. The highest BCUT2D eigenvalue weighted by molar-refractivity contribution is 5.32. The quantitative estimate of drug-likeness (QED) is 0.839. The van der Waals surface area contributed by atoms with E-state index in [2.05, 4.69) is 17.0 Å². The second-order valence-electron chi connectivity index (χ2n) is 6.17. The van der Waals surface area contributed by atoms with Gasteiger partial charge in [-0.05, 0) is 43.9 Å². The van der Waals surface area contributed by atoms with Crippen LogP contribution < -0.4 is 0 Å². The number of likely N-dealkylation sites (tertiary alicyclic amines) is 1. The minimum Gasteiger partial charge on any atom is -0.379 e. The fourth-order valence-electron chi connectivity index (χ4n) is 3.63. The highest BCUT2D eigenvalue weighted by atomic mass is 16.5. The third-order valence-electron chi connectivity index (χ3n) is 4.70. The van der Waals surface area contributed by atoms with E-state index in [1.165, 1.54) is 12.0 Å². The van der Waals surface area contributed by atoms with E-state index >= 15 is 0 Å². The Morgan fingerprint density at radius 1 is 1.36 bits per heavy atom. The molecule has 2 heterocycles. The van der Waals surface area contributed by atoms with Crippen molar-refractivity contribution >= 4 is 0 Å². The van der Waals surface area contributed by atoms with E-state index in [0.717, 1.165) is 44.7 Å². The fourth-order valence-corrected chi connectivity index (χ4v) is 3.63. The second kappa shape index (κ2) is 7.23. The summed E-state index contributed by atoms with van der Waals surface area (Å²) in [4.78, 5) is 2.51. The van der Waals surface area contributed by atoms with Crippen LogP contribution in [0.4, 0.5) is 0 Å². The smallest absolute Gasteiger partial charge is 0.0991 e. The summed E-state index contributed by atoms with van der Waals surface area (Å²) in [6.45, 7) is 5.50. The summed E-state index contributed by atoms with van der Waals surface area (Å²) in [6.07, 6.45) is 3.98. The first-order valence-electron chi connectivity index (χ1n) is 8.26. The molecule has 0 aliphatic carbocycles. The van der Waals surface area contributed by atoms with E-state index in [9.17, 15) is 0 Å². The van der Waals surface area contributed by atoms with E-state index in [0.29, 0.717) is 12.1 Å². The van der Waals surface area contributed by atoms with Gasteiger partial charge in [-0.2, -0.15) is 5.26 Å². The number of benzene rings is 1. The summed E-state index contributed by atoms with van der Waals surface area (Å²) in [7, 11) is 0. The van der Waals surface area contributed by atoms with Crippen molar-refractivity contribution < 1.29 is 9.47 Å². The lowest BCUT2D eigenvalue weighted by molar-refractivity contribution is -0.0985. The predicted octanol–water partition coefficient (Wildman–Crippen LogP) is 2.72. The standard InChI is InChI=1S/C18H24N2O2/c1-2-21-13-16-6-7-17-18(22-16)8-9-20(17)12-15-5-3-4-14(10-15)11-19/h3-5,10,16-18H,2,6-9,12-13H2,1H3/t16-,17+,18+/m1/s1. The van der Waals surface area contributed by atoms with Crippen molar-refractivity contribution in [1.82, 2.24) is 4.90 Å². The Kier molecular flexibility index (Phi) is 5.09. The molecule has 0 spiro atoms. The van der Waals surface area contributed by atoms with Crippen molar-refractivity contribution in [2.75, 3.05) is 19.8 Å². The zero-order valence-electron chi connectivity index (χ0n) is 13.2. The molecule has 3 atom stereocenters. The SMILES string of the molecule is CCOC[C@H]1CC[C@H]2[C@H](CCN2Cc2cccc(C#N)c2)O1. The predicted molar refractivity (Wildman–Crippen MR) is 84.4 cm³/mol. The molecular weight excluding hydrogens is 276 g/mol. The summed E-state index contributed by atoms with van der Waals surface area (Å²) in [6, 6.07) is 10.7. The van der Waals surface area contributed by atoms with Crippen LogP contribution in [-0.2, 0) is 16.0 Å².